The Balaban J connectivity index is 1.57. The van der Waals surface area contributed by atoms with Crippen molar-refractivity contribution in [2.75, 3.05) is 0 Å². The molecule has 3 aromatic rings. The minimum atomic E-state index is -0.608. The standard InChI is InChI=1S/C24H16FI2NO3/c1-14-5-4-6-15(9-14)13-30-22-19(26)10-16(11-20(22)27)12-21-24(29)31-23(28-21)17-7-2-3-8-18(17)25/h2-12H,13H2,1H3/b21-12-. The number of benzene rings is 3. The molecule has 0 unspecified atom stereocenters. The highest BCUT2D eigenvalue weighted by atomic mass is 127. The van der Waals surface area contributed by atoms with E-state index >= 15 is 0 Å². The van der Waals surface area contributed by atoms with Gasteiger partial charge in [0.25, 0.3) is 0 Å². The number of carbonyl (C=O) groups excluding carboxylic acids is 1. The molecule has 4 rings (SSSR count). The van der Waals surface area contributed by atoms with E-state index in [2.05, 4.69) is 56.2 Å². The third kappa shape index (κ3) is 5.15. The Kier molecular flexibility index (Phi) is 6.71. The lowest BCUT2D eigenvalue weighted by Gasteiger charge is -2.12. The maximum absolute atomic E-state index is 14.0. The van der Waals surface area contributed by atoms with Crippen LogP contribution in [-0.4, -0.2) is 11.9 Å². The fraction of sp³-hybridized carbons (Fsp3) is 0.0833. The van der Waals surface area contributed by atoms with E-state index in [0.717, 1.165) is 24.0 Å². The van der Waals surface area contributed by atoms with Gasteiger partial charge in [-0.15, -0.1) is 0 Å². The van der Waals surface area contributed by atoms with Crippen molar-refractivity contribution in [1.82, 2.24) is 0 Å². The Bertz CT molecular complexity index is 1210. The molecular weight excluding hydrogens is 623 g/mol. The number of aliphatic imine (C=N–C) groups is 1. The average Bonchev–Trinajstić information content (AvgIpc) is 3.08. The van der Waals surface area contributed by atoms with Gasteiger partial charge in [-0.2, -0.15) is 0 Å². The molecule has 0 spiro atoms. The topological polar surface area (TPSA) is 47.9 Å². The molecule has 0 N–H and O–H groups in total. The molecule has 4 nitrogen and oxygen atoms in total. The van der Waals surface area contributed by atoms with Gasteiger partial charge in [-0.1, -0.05) is 42.0 Å². The average molecular weight is 639 g/mol. The van der Waals surface area contributed by atoms with E-state index in [9.17, 15) is 9.18 Å². The van der Waals surface area contributed by atoms with Crippen LogP contribution >= 0.6 is 45.2 Å². The van der Waals surface area contributed by atoms with E-state index in [1.54, 1.807) is 18.2 Å². The molecule has 1 aliphatic heterocycles. The van der Waals surface area contributed by atoms with E-state index < -0.39 is 11.8 Å². The predicted octanol–water partition coefficient (Wildman–Crippen LogP) is 6.27. The largest absolute Gasteiger partial charge is 0.487 e. The summed E-state index contributed by atoms with van der Waals surface area (Å²) >= 11 is 4.42. The third-order valence-electron chi connectivity index (χ3n) is 4.51. The minimum Gasteiger partial charge on any atom is -0.487 e. The van der Waals surface area contributed by atoms with Gasteiger partial charge in [0.05, 0.1) is 12.7 Å². The Morgan fingerprint density at radius 1 is 1.06 bits per heavy atom. The maximum atomic E-state index is 14.0. The second kappa shape index (κ2) is 9.47. The second-order valence-electron chi connectivity index (χ2n) is 6.91. The number of halogens is 3. The van der Waals surface area contributed by atoms with Crippen molar-refractivity contribution in [3.8, 4) is 5.75 Å². The number of cyclic esters (lactones) is 1. The molecule has 0 saturated carbocycles. The Morgan fingerprint density at radius 3 is 2.52 bits per heavy atom. The number of hydrogen-bond donors (Lipinski definition) is 0. The zero-order valence-electron chi connectivity index (χ0n) is 16.4. The molecule has 1 heterocycles. The van der Waals surface area contributed by atoms with Crippen LogP contribution in [0.3, 0.4) is 0 Å². The van der Waals surface area contributed by atoms with Crippen LogP contribution in [0.5, 0.6) is 5.75 Å². The highest BCUT2D eigenvalue weighted by Crippen LogP contribution is 2.31. The van der Waals surface area contributed by atoms with Crippen LogP contribution < -0.4 is 4.74 Å². The summed E-state index contributed by atoms with van der Waals surface area (Å²) < 4.78 is 27.0. The molecule has 3 aromatic carbocycles. The molecule has 0 radical (unpaired) electrons. The number of hydrogen-bond acceptors (Lipinski definition) is 4. The molecule has 0 atom stereocenters. The fourth-order valence-electron chi connectivity index (χ4n) is 3.08. The lowest BCUT2D eigenvalue weighted by molar-refractivity contribution is -0.129. The van der Waals surface area contributed by atoms with Gasteiger partial charge in [-0.3, -0.25) is 0 Å². The summed E-state index contributed by atoms with van der Waals surface area (Å²) in [6.45, 7) is 2.52. The molecule has 0 fully saturated rings. The summed E-state index contributed by atoms with van der Waals surface area (Å²) in [5, 5.41) is 0. The van der Waals surface area contributed by atoms with Crippen molar-refractivity contribution in [3.05, 3.63) is 102 Å². The minimum absolute atomic E-state index is 0.0307. The van der Waals surface area contributed by atoms with Gasteiger partial charge in [0.1, 0.15) is 18.2 Å². The van der Waals surface area contributed by atoms with E-state index in [4.69, 9.17) is 9.47 Å². The van der Waals surface area contributed by atoms with Gasteiger partial charge in [0, 0.05) is 0 Å². The first kappa shape index (κ1) is 21.9. The zero-order chi connectivity index (χ0) is 22.0. The molecule has 0 aliphatic carbocycles. The Labute approximate surface area is 206 Å². The SMILES string of the molecule is Cc1cccc(COc2c(I)cc(/C=C3\N=C(c4ccccc4F)OC3=O)cc2I)c1. The van der Waals surface area contributed by atoms with Crippen LogP contribution in [0.25, 0.3) is 6.08 Å². The van der Waals surface area contributed by atoms with Crippen LogP contribution in [0.1, 0.15) is 22.3 Å². The number of rotatable bonds is 5. The fourth-order valence-corrected chi connectivity index (χ4v) is 5.20. The van der Waals surface area contributed by atoms with Gasteiger partial charge >= 0.3 is 5.97 Å². The number of ether oxygens (including phenoxy) is 2. The monoisotopic (exact) mass is 639 g/mol. The van der Waals surface area contributed by atoms with E-state index in [1.165, 1.54) is 17.7 Å². The summed E-state index contributed by atoms with van der Waals surface area (Å²) in [6, 6.07) is 18.1. The summed E-state index contributed by atoms with van der Waals surface area (Å²) in [7, 11) is 0. The molecule has 0 bridgehead atoms. The van der Waals surface area contributed by atoms with Crippen LogP contribution in [0.15, 0.2) is 71.4 Å². The first-order chi connectivity index (χ1) is 14.9. The Morgan fingerprint density at radius 2 is 1.81 bits per heavy atom. The molecular formula is C24H16FI2NO3. The second-order valence-corrected chi connectivity index (χ2v) is 9.23. The lowest BCUT2D eigenvalue weighted by atomic mass is 10.1. The van der Waals surface area contributed by atoms with Crippen LogP contribution in [-0.2, 0) is 16.1 Å². The molecule has 7 heteroatoms. The lowest BCUT2D eigenvalue weighted by Crippen LogP contribution is -2.07. The highest BCUT2D eigenvalue weighted by Gasteiger charge is 2.26. The van der Waals surface area contributed by atoms with Gasteiger partial charge in [0.15, 0.2) is 5.70 Å². The van der Waals surface area contributed by atoms with E-state index in [0.29, 0.717) is 6.61 Å². The molecule has 1 aliphatic rings. The number of nitrogens with zero attached hydrogens (tertiary/aromatic N) is 1. The zero-order valence-corrected chi connectivity index (χ0v) is 20.7. The van der Waals surface area contributed by atoms with Crippen molar-refractivity contribution in [2.24, 2.45) is 4.99 Å². The summed E-state index contributed by atoms with van der Waals surface area (Å²) in [4.78, 5) is 16.4. The quantitative estimate of drug-likeness (QED) is 0.188. The first-order valence-corrected chi connectivity index (χ1v) is 11.5. The van der Waals surface area contributed by atoms with Crippen molar-refractivity contribution in [2.45, 2.75) is 13.5 Å². The van der Waals surface area contributed by atoms with Gasteiger partial charge in [-0.05, 0) is 93.6 Å². The molecule has 0 amide bonds. The smallest absolute Gasteiger partial charge is 0.363 e. The van der Waals surface area contributed by atoms with Crippen molar-refractivity contribution < 1.29 is 18.7 Å². The Hall–Kier alpha value is -2.27. The van der Waals surface area contributed by atoms with E-state index in [1.807, 2.05) is 37.3 Å². The molecule has 156 valence electrons. The molecule has 31 heavy (non-hydrogen) atoms. The van der Waals surface area contributed by atoms with Gasteiger partial charge in [-0.25, -0.2) is 14.2 Å². The highest BCUT2D eigenvalue weighted by molar-refractivity contribution is 14.1. The van der Waals surface area contributed by atoms with E-state index in [-0.39, 0.29) is 17.2 Å². The maximum Gasteiger partial charge on any atom is 0.363 e. The summed E-state index contributed by atoms with van der Waals surface area (Å²) in [5.74, 6) is -0.344. The van der Waals surface area contributed by atoms with Gasteiger partial charge in [0.2, 0.25) is 5.90 Å². The number of carbonyl (C=O) groups is 1. The van der Waals surface area contributed by atoms with Crippen molar-refractivity contribution in [1.29, 1.82) is 0 Å². The van der Waals surface area contributed by atoms with Crippen molar-refractivity contribution in [3.63, 3.8) is 0 Å². The first-order valence-electron chi connectivity index (χ1n) is 9.35. The number of esters is 1. The molecule has 0 aromatic heterocycles. The third-order valence-corrected chi connectivity index (χ3v) is 6.12. The van der Waals surface area contributed by atoms with Gasteiger partial charge < -0.3 is 9.47 Å². The van der Waals surface area contributed by atoms with Crippen LogP contribution in [0, 0.1) is 19.9 Å². The van der Waals surface area contributed by atoms with Crippen LogP contribution in [0.4, 0.5) is 4.39 Å². The number of aryl methyl sites for hydroxylation is 1. The summed E-state index contributed by atoms with van der Waals surface area (Å²) in [5.41, 5.74) is 3.34. The normalized spacial score (nSPS) is 14.5. The summed E-state index contributed by atoms with van der Waals surface area (Å²) in [6.07, 6.45) is 1.63. The van der Waals surface area contributed by atoms with Crippen molar-refractivity contribution >= 4 is 63.1 Å². The van der Waals surface area contributed by atoms with Crippen LogP contribution in [0.2, 0.25) is 0 Å². The molecule has 0 saturated heterocycles. The predicted molar refractivity (Wildman–Crippen MR) is 134 cm³/mol.